The smallest absolute Gasteiger partial charge is 0.343 e. The van der Waals surface area contributed by atoms with Crippen LogP contribution in [0.25, 0.3) is 0 Å². The Hall–Kier alpha value is -3.99. The molecule has 1 amide bonds. The molecule has 0 heterocycles. The third-order valence-electron chi connectivity index (χ3n) is 3.88. The highest BCUT2D eigenvalue weighted by Crippen LogP contribution is 2.22. The molecule has 0 aliphatic heterocycles. The molecule has 10 nitrogen and oxygen atoms in total. The summed E-state index contributed by atoms with van der Waals surface area (Å²) in [5.41, 5.74) is 6.92. The monoisotopic (exact) mass is 463 g/mol. The SMILES string of the molecule is CC(=O)O.COC(=O)COc1cccc(F)c1COCC(=O)NCc1ccc(C(=N)N)cc1. The average molecular weight is 463 g/mol. The number of rotatable bonds is 10. The lowest BCUT2D eigenvalue weighted by Gasteiger charge is -2.12. The molecule has 0 saturated carbocycles. The van der Waals surface area contributed by atoms with Crippen LogP contribution in [0.1, 0.15) is 23.6 Å². The van der Waals surface area contributed by atoms with Crippen LogP contribution in [0.4, 0.5) is 4.39 Å². The van der Waals surface area contributed by atoms with Gasteiger partial charge in [0.05, 0.1) is 19.3 Å². The van der Waals surface area contributed by atoms with E-state index in [1.54, 1.807) is 24.3 Å². The molecule has 0 aliphatic rings. The van der Waals surface area contributed by atoms with Gasteiger partial charge in [-0.15, -0.1) is 0 Å². The number of nitrogen functional groups attached to an aromatic ring is 1. The van der Waals surface area contributed by atoms with E-state index in [9.17, 15) is 14.0 Å². The Bertz CT molecular complexity index is 961. The van der Waals surface area contributed by atoms with E-state index in [0.29, 0.717) is 5.56 Å². The summed E-state index contributed by atoms with van der Waals surface area (Å²) in [6, 6.07) is 11.0. The number of amides is 1. The van der Waals surface area contributed by atoms with E-state index in [2.05, 4.69) is 10.1 Å². The van der Waals surface area contributed by atoms with Gasteiger partial charge in [0.1, 0.15) is 24.0 Å². The van der Waals surface area contributed by atoms with Crippen LogP contribution in [-0.2, 0) is 37.0 Å². The van der Waals surface area contributed by atoms with Crippen LogP contribution in [0.2, 0.25) is 0 Å². The zero-order valence-corrected chi connectivity index (χ0v) is 18.2. The summed E-state index contributed by atoms with van der Waals surface area (Å²) in [6.45, 7) is 0.504. The maximum atomic E-state index is 14.0. The van der Waals surface area contributed by atoms with Crippen LogP contribution in [0.3, 0.4) is 0 Å². The van der Waals surface area contributed by atoms with Crippen LogP contribution >= 0.6 is 0 Å². The summed E-state index contributed by atoms with van der Waals surface area (Å²) >= 11 is 0. The van der Waals surface area contributed by atoms with Gasteiger partial charge < -0.3 is 30.4 Å². The number of carbonyl (C=O) groups excluding carboxylic acids is 2. The van der Waals surface area contributed by atoms with Crippen LogP contribution in [0, 0.1) is 11.2 Å². The first-order valence-electron chi connectivity index (χ1n) is 9.58. The molecule has 33 heavy (non-hydrogen) atoms. The fourth-order valence-electron chi connectivity index (χ4n) is 2.31. The topological polar surface area (TPSA) is 161 Å². The number of benzene rings is 2. The van der Waals surface area contributed by atoms with Crippen LogP contribution in [0.15, 0.2) is 42.5 Å². The van der Waals surface area contributed by atoms with E-state index in [1.165, 1.54) is 25.3 Å². The van der Waals surface area contributed by atoms with Crippen LogP contribution < -0.4 is 15.8 Å². The Balaban J connectivity index is 0.00000125. The molecule has 0 unspecified atom stereocenters. The van der Waals surface area contributed by atoms with Gasteiger partial charge in [-0.25, -0.2) is 9.18 Å². The first-order chi connectivity index (χ1) is 15.6. The van der Waals surface area contributed by atoms with E-state index in [1.807, 2.05) is 0 Å². The number of amidine groups is 1. The van der Waals surface area contributed by atoms with Gasteiger partial charge >= 0.3 is 5.97 Å². The maximum Gasteiger partial charge on any atom is 0.343 e. The fraction of sp³-hybridized carbons (Fsp3) is 0.273. The molecule has 0 bridgehead atoms. The van der Waals surface area contributed by atoms with Crippen molar-refractivity contribution in [2.45, 2.75) is 20.1 Å². The van der Waals surface area contributed by atoms with E-state index in [-0.39, 0.29) is 49.4 Å². The fourth-order valence-corrected chi connectivity index (χ4v) is 2.31. The van der Waals surface area contributed by atoms with Gasteiger partial charge in [-0.1, -0.05) is 30.3 Å². The van der Waals surface area contributed by atoms with Gasteiger partial charge in [-0.2, -0.15) is 0 Å². The van der Waals surface area contributed by atoms with Crippen molar-refractivity contribution in [1.82, 2.24) is 5.32 Å². The third-order valence-corrected chi connectivity index (χ3v) is 3.88. The number of methoxy groups -OCH3 is 1. The van der Waals surface area contributed by atoms with Crippen molar-refractivity contribution in [2.24, 2.45) is 5.73 Å². The summed E-state index contributed by atoms with van der Waals surface area (Å²) in [5, 5.41) is 17.4. The number of ether oxygens (including phenoxy) is 3. The standard InChI is InChI=1S/C20H22FN3O5.C2H4O2/c1-27-19(26)12-29-17-4-2-3-16(21)15(17)10-28-11-18(25)24-9-13-5-7-14(8-6-13)20(22)23;1-2(3)4/h2-8H,9-12H2,1H3,(H3,22,23)(H,24,25);1H3,(H,3,4). The van der Waals surface area contributed by atoms with E-state index in [0.717, 1.165) is 12.5 Å². The highest BCUT2D eigenvalue weighted by molar-refractivity contribution is 5.94. The number of halogens is 1. The first kappa shape index (κ1) is 27.0. The number of carboxylic acid groups (broad SMARTS) is 1. The second-order valence-electron chi connectivity index (χ2n) is 6.48. The molecule has 0 saturated heterocycles. The molecule has 2 aromatic carbocycles. The van der Waals surface area contributed by atoms with Crippen LogP contribution in [-0.4, -0.2) is 49.1 Å². The summed E-state index contributed by atoms with van der Waals surface area (Å²) in [4.78, 5) is 32.1. The minimum Gasteiger partial charge on any atom is -0.481 e. The molecule has 0 fully saturated rings. The van der Waals surface area contributed by atoms with E-state index in [4.69, 9.17) is 30.5 Å². The average Bonchev–Trinajstić information content (AvgIpc) is 2.77. The minimum absolute atomic E-state index is 0.0305. The van der Waals surface area contributed by atoms with Crippen molar-refractivity contribution >= 4 is 23.7 Å². The van der Waals surface area contributed by atoms with Gasteiger partial charge in [0, 0.05) is 19.0 Å². The normalized spacial score (nSPS) is 9.79. The zero-order valence-electron chi connectivity index (χ0n) is 18.2. The van der Waals surface area contributed by atoms with Gasteiger partial charge in [-0.05, 0) is 17.7 Å². The predicted octanol–water partition coefficient (Wildman–Crippen LogP) is 1.59. The van der Waals surface area contributed by atoms with Crippen molar-refractivity contribution in [2.75, 3.05) is 20.3 Å². The summed E-state index contributed by atoms with van der Waals surface area (Å²) in [5.74, 6) is -2.28. The Morgan fingerprint density at radius 3 is 2.33 bits per heavy atom. The molecule has 2 aromatic rings. The van der Waals surface area contributed by atoms with E-state index >= 15 is 0 Å². The molecule has 0 aliphatic carbocycles. The number of carbonyl (C=O) groups is 3. The second kappa shape index (κ2) is 14.1. The molecule has 11 heteroatoms. The van der Waals surface area contributed by atoms with Gasteiger partial charge in [-0.3, -0.25) is 15.0 Å². The van der Waals surface area contributed by atoms with Gasteiger partial charge in [0.15, 0.2) is 6.61 Å². The molecular formula is C22H26FN3O7. The van der Waals surface area contributed by atoms with Gasteiger partial charge in [0.25, 0.3) is 5.97 Å². The summed E-state index contributed by atoms with van der Waals surface area (Å²) < 4.78 is 29.0. The minimum atomic E-state index is -0.833. The van der Waals surface area contributed by atoms with E-state index < -0.39 is 17.8 Å². The number of esters is 1. The summed E-state index contributed by atoms with van der Waals surface area (Å²) in [7, 11) is 1.22. The Labute approximate surface area is 190 Å². The zero-order chi connectivity index (χ0) is 24.8. The van der Waals surface area contributed by atoms with Crippen molar-refractivity contribution in [3.8, 4) is 5.75 Å². The lowest BCUT2D eigenvalue weighted by Crippen LogP contribution is -2.27. The Morgan fingerprint density at radius 1 is 1.12 bits per heavy atom. The van der Waals surface area contributed by atoms with Crippen molar-refractivity contribution in [1.29, 1.82) is 5.41 Å². The van der Waals surface area contributed by atoms with Gasteiger partial charge in [0.2, 0.25) is 5.91 Å². The number of aliphatic carboxylic acids is 1. The van der Waals surface area contributed by atoms with Crippen molar-refractivity contribution in [3.63, 3.8) is 0 Å². The molecule has 0 aromatic heterocycles. The number of nitrogens with one attached hydrogen (secondary N) is 2. The number of hydrogen-bond acceptors (Lipinski definition) is 7. The lowest BCUT2D eigenvalue weighted by molar-refractivity contribution is -0.143. The van der Waals surface area contributed by atoms with Crippen molar-refractivity contribution in [3.05, 3.63) is 65.0 Å². The molecule has 178 valence electrons. The Morgan fingerprint density at radius 2 is 1.76 bits per heavy atom. The quantitative estimate of drug-likeness (QED) is 0.235. The molecule has 5 N–H and O–H groups in total. The number of nitrogens with two attached hydrogens (primary N) is 1. The molecular weight excluding hydrogens is 437 g/mol. The molecule has 2 rings (SSSR count). The lowest BCUT2D eigenvalue weighted by atomic mass is 10.1. The molecule has 0 atom stereocenters. The number of hydrogen-bond donors (Lipinski definition) is 4. The Kier molecular flexibility index (Phi) is 11.6. The molecule has 0 radical (unpaired) electrons. The predicted molar refractivity (Wildman–Crippen MR) is 116 cm³/mol. The highest BCUT2D eigenvalue weighted by atomic mass is 19.1. The third kappa shape index (κ3) is 10.7. The largest absolute Gasteiger partial charge is 0.481 e. The second-order valence-corrected chi connectivity index (χ2v) is 6.48. The van der Waals surface area contributed by atoms with Crippen LogP contribution in [0.5, 0.6) is 5.75 Å². The maximum absolute atomic E-state index is 14.0. The molecule has 0 spiro atoms. The highest BCUT2D eigenvalue weighted by Gasteiger charge is 2.13. The number of carboxylic acids is 1. The van der Waals surface area contributed by atoms with Crippen molar-refractivity contribution < 1.29 is 38.1 Å². The summed E-state index contributed by atoms with van der Waals surface area (Å²) in [6.07, 6.45) is 0. The first-order valence-corrected chi connectivity index (χ1v) is 9.58.